The standard InChI is InChI=1S/C23H25ClN4OS/c1-17-7-5-6-14-27(17)22(29)16-30-23-26-25-21(15-18-8-3-2-4-9-18)28(23)20-12-10-19(24)11-13-20/h2-4,8-13,17H,5-7,14-16H2,1H3/t17-/m0/s1. The van der Waals surface area contributed by atoms with Gasteiger partial charge in [0.25, 0.3) is 0 Å². The fraction of sp³-hybridized carbons (Fsp3) is 0.348. The molecule has 0 radical (unpaired) electrons. The molecule has 0 N–H and O–H groups in total. The first-order valence-corrected chi connectivity index (χ1v) is 11.6. The van der Waals surface area contributed by atoms with Gasteiger partial charge in [0.15, 0.2) is 5.16 Å². The SMILES string of the molecule is C[C@H]1CCCCN1C(=O)CSc1nnc(Cc2ccccc2)n1-c1ccc(Cl)cc1. The Labute approximate surface area is 186 Å². The molecule has 2 aromatic carbocycles. The van der Waals surface area contributed by atoms with Crippen molar-refractivity contribution in [2.24, 2.45) is 0 Å². The molecule has 30 heavy (non-hydrogen) atoms. The number of hydrogen-bond donors (Lipinski definition) is 0. The first kappa shape index (κ1) is 20.9. The number of halogens is 1. The zero-order valence-electron chi connectivity index (χ0n) is 17.0. The third-order valence-corrected chi connectivity index (χ3v) is 6.60. The quantitative estimate of drug-likeness (QED) is 0.506. The molecule has 1 atom stereocenters. The third-order valence-electron chi connectivity index (χ3n) is 5.44. The van der Waals surface area contributed by atoms with Crippen LogP contribution in [0.2, 0.25) is 5.02 Å². The number of likely N-dealkylation sites (tertiary alicyclic amines) is 1. The van der Waals surface area contributed by atoms with E-state index in [4.69, 9.17) is 11.6 Å². The molecule has 1 amide bonds. The second kappa shape index (κ2) is 9.67. The monoisotopic (exact) mass is 440 g/mol. The van der Waals surface area contributed by atoms with E-state index in [-0.39, 0.29) is 5.91 Å². The number of rotatable bonds is 6. The molecule has 1 aromatic heterocycles. The number of benzene rings is 2. The number of piperidine rings is 1. The average molecular weight is 441 g/mol. The van der Waals surface area contributed by atoms with E-state index < -0.39 is 0 Å². The lowest BCUT2D eigenvalue weighted by atomic mass is 10.0. The van der Waals surface area contributed by atoms with Crippen LogP contribution in [-0.4, -0.2) is 43.9 Å². The number of carbonyl (C=O) groups excluding carboxylic acids is 1. The van der Waals surface area contributed by atoms with Crippen molar-refractivity contribution in [1.82, 2.24) is 19.7 Å². The molecule has 0 bridgehead atoms. The number of aromatic nitrogens is 3. The minimum atomic E-state index is 0.169. The van der Waals surface area contributed by atoms with Crippen LogP contribution >= 0.6 is 23.4 Å². The summed E-state index contributed by atoms with van der Waals surface area (Å²) in [7, 11) is 0. The molecule has 1 aliphatic heterocycles. The molecule has 2 heterocycles. The van der Waals surface area contributed by atoms with Gasteiger partial charge in [-0.05, 0) is 56.0 Å². The summed E-state index contributed by atoms with van der Waals surface area (Å²) in [4.78, 5) is 14.8. The Morgan fingerprint density at radius 3 is 2.60 bits per heavy atom. The summed E-state index contributed by atoms with van der Waals surface area (Å²) in [6.45, 7) is 2.99. The Morgan fingerprint density at radius 1 is 1.10 bits per heavy atom. The first-order valence-electron chi connectivity index (χ1n) is 10.3. The van der Waals surface area contributed by atoms with Crippen LogP contribution in [0.4, 0.5) is 0 Å². The predicted octanol–water partition coefficient (Wildman–Crippen LogP) is 5.00. The van der Waals surface area contributed by atoms with Gasteiger partial charge in [-0.3, -0.25) is 9.36 Å². The van der Waals surface area contributed by atoms with Gasteiger partial charge >= 0.3 is 0 Å². The Morgan fingerprint density at radius 2 is 1.87 bits per heavy atom. The van der Waals surface area contributed by atoms with Crippen LogP contribution in [0.5, 0.6) is 0 Å². The van der Waals surface area contributed by atoms with E-state index in [0.717, 1.165) is 41.6 Å². The maximum absolute atomic E-state index is 12.8. The predicted molar refractivity (Wildman–Crippen MR) is 121 cm³/mol. The maximum atomic E-state index is 12.8. The van der Waals surface area contributed by atoms with Crippen LogP contribution in [0.25, 0.3) is 5.69 Å². The molecule has 0 saturated carbocycles. The van der Waals surface area contributed by atoms with E-state index in [1.807, 2.05) is 51.9 Å². The molecular formula is C23H25ClN4OS. The molecule has 7 heteroatoms. The summed E-state index contributed by atoms with van der Waals surface area (Å²) >= 11 is 7.54. The van der Waals surface area contributed by atoms with Crippen molar-refractivity contribution in [1.29, 1.82) is 0 Å². The number of thioether (sulfide) groups is 1. The maximum Gasteiger partial charge on any atom is 0.233 e. The van der Waals surface area contributed by atoms with Gasteiger partial charge in [-0.15, -0.1) is 10.2 Å². The zero-order chi connectivity index (χ0) is 20.9. The Hall–Kier alpha value is -2.31. The molecule has 1 aliphatic rings. The Bertz CT molecular complexity index is 990. The Kier molecular flexibility index (Phi) is 6.75. The molecule has 0 spiro atoms. The second-order valence-corrected chi connectivity index (χ2v) is 8.97. The van der Waals surface area contributed by atoms with Crippen LogP contribution < -0.4 is 0 Å². The van der Waals surface area contributed by atoms with Gasteiger partial charge < -0.3 is 4.90 Å². The fourth-order valence-corrected chi connectivity index (χ4v) is 4.80. The highest BCUT2D eigenvalue weighted by molar-refractivity contribution is 7.99. The number of nitrogens with zero attached hydrogens (tertiary/aromatic N) is 4. The molecule has 5 nitrogen and oxygen atoms in total. The minimum absolute atomic E-state index is 0.169. The van der Waals surface area contributed by atoms with E-state index in [2.05, 4.69) is 29.3 Å². The van der Waals surface area contributed by atoms with E-state index in [1.165, 1.54) is 18.2 Å². The fourth-order valence-electron chi connectivity index (χ4n) is 3.81. The molecule has 1 saturated heterocycles. The van der Waals surface area contributed by atoms with Gasteiger partial charge in [-0.25, -0.2) is 0 Å². The summed E-state index contributed by atoms with van der Waals surface area (Å²) in [6, 6.07) is 18.1. The molecule has 0 aliphatic carbocycles. The van der Waals surface area contributed by atoms with Crippen LogP contribution in [-0.2, 0) is 11.2 Å². The highest BCUT2D eigenvalue weighted by atomic mass is 35.5. The van der Waals surface area contributed by atoms with Crippen molar-refractivity contribution in [2.45, 2.75) is 43.8 Å². The van der Waals surface area contributed by atoms with Crippen molar-refractivity contribution in [3.63, 3.8) is 0 Å². The Balaban J connectivity index is 1.57. The van der Waals surface area contributed by atoms with Crippen molar-refractivity contribution in [2.75, 3.05) is 12.3 Å². The smallest absolute Gasteiger partial charge is 0.233 e. The second-order valence-electron chi connectivity index (χ2n) is 7.59. The van der Waals surface area contributed by atoms with Crippen molar-refractivity contribution in [3.8, 4) is 5.69 Å². The highest BCUT2D eigenvalue weighted by Crippen LogP contribution is 2.26. The van der Waals surface area contributed by atoms with Gasteiger partial charge in [-0.1, -0.05) is 53.7 Å². The highest BCUT2D eigenvalue weighted by Gasteiger charge is 2.24. The topological polar surface area (TPSA) is 51.0 Å². The lowest BCUT2D eigenvalue weighted by molar-refractivity contribution is -0.131. The van der Waals surface area contributed by atoms with Crippen molar-refractivity contribution < 1.29 is 4.79 Å². The summed E-state index contributed by atoms with van der Waals surface area (Å²) in [6.07, 6.45) is 4.03. The van der Waals surface area contributed by atoms with Crippen LogP contribution in [0.15, 0.2) is 59.8 Å². The molecule has 156 valence electrons. The van der Waals surface area contributed by atoms with Gasteiger partial charge in [0, 0.05) is 29.7 Å². The lowest BCUT2D eigenvalue weighted by Gasteiger charge is -2.33. The average Bonchev–Trinajstić information content (AvgIpc) is 3.16. The van der Waals surface area contributed by atoms with E-state index in [9.17, 15) is 4.79 Å². The van der Waals surface area contributed by atoms with E-state index in [0.29, 0.717) is 23.2 Å². The molecule has 0 unspecified atom stereocenters. The molecule has 4 rings (SSSR count). The van der Waals surface area contributed by atoms with Crippen LogP contribution in [0, 0.1) is 0 Å². The normalized spacial score (nSPS) is 16.6. The largest absolute Gasteiger partial charge is 0.339 e. The summed E-state index contributed by atoms with van der Waals surface area (Å²) in [5.41, 5.74) is 2.10. The van der Waals surface area contributed by atoms with Gasteiger partial charge in [-0.2, -0.15) is 0 Å². The third kappa shape index (κ3) is 4.87. The number of hydrogen-bond acceptors (Lipinski definition) is 4. The van der Waals surface area contributed by atoms with Gasteiger partial charge in [0.05, 0.1) is 5.75 Å². The lowest BCUT2D eigenvalue weighted by Crippen LogP contribution is -2.42. The minimum Gasteiger partial charge on any atom is -0.339 e. The number of carbonyl (C=O) groups is 1. The van der Waals surface area contributed by atoms with Crippen LogP contribution in [0.3, 0.4) is 0 Å². The van der Waals surface area contributed by atoms with Crippen molar-refractivity contribution >= 4 is 29.3 Å². The molecule has 1 fully saturated rings. The zero-order valence-corrected chi connectivity index (χ0v) is 18.6. The van der Waals surface area contributed by atoms with E-state index >= 15 is 0 Å². The summed E-state index contributed by atoms with van der Waals surface area (Å²) in [5, 5.41) is 10.3. The van der Waals surface area contributed by atoms with Gasteiger partial charge in [0.1, 0.15) is 5.82 Å². The summed E-state index contributed by atoms with van der Waals surface area (Å²) in [5.74, 6) is 1.37. The first-order chi connectivity index (χ1) is 14.6. The molecular weight excluding hydrogens is 416 g/mol. The van der Waals surface area contributed by atoms with E-state index in [1.54, 1.807) is 0 Å². The summed E-state index contributed by atoms with van der Waals surface area (Å²) < 4.78 is 2.03. The van der Waals surface area contributed by atoms with Gasteiger partial charge in [0.2, 0.25) is 5.91 Å². The number of amides is 1. The van der Waals surface area contributed by atoms with Crippen LogP contribution in [0.1, 0.15) is 37.6 Å². The van der Waals surface area contributed by atoms with Crippen molar-refractivity contribution in [3.05, 3.63) is 71.0 Å². The molecule has 3 aromatic rings.